The van der Waals surface area contributed by atoms with Crippen LogP contribution in [0.2, 0.25) is 0 Å². The lowest BCUT2D eigenvalue weighted by atomic mass is 10.3. The molecule has 0 aliphatic rings. The summed E-state index contributed by atoms with van der Waals surface area (Å²) >= 11 is 5.18. The van der Waals surface area contributed by atoms with E-state index >= 15 is 0 Å². The summed E-state index contributed by atoms with van der Waals surface area (Å²) in [5, 5.41) is 9.69. The Bertz CT molecular complexity index is 688. The van der Waals surface area contributed by atoms with Crippen LogP contribution < -0.4 is 5.32 Å². The van der Waals surface area contributed by atoms with Gasteiger partial charge in [-0.3, -0.25) is 0 Å². The van der Waals surface area contributed by atoms with Crippen molar-refractivity contribution in [3.8, 4) is 0 Å². The zero-order valence-electron chi connectivity index (χ0n) is 9.72. The second-order valence-corrected chi connectivity index (χ2v) is 5.94. The average molecular weight is 323 g/mol. The van der Waals surface area contributed by atoms with Crippen molar-refractivity contribution in [2.45, 2.75) is 13.5 Å². The van der Waals surface area contributed by atoms with Gasteiger partial charge in [0.05, 0.1) is 6.54 Å². The Morgan fingerprint density at radius 3 is 3.06 bits per heavy atom. The van der Waals surface area contributed by atoms with Gasteiger partial charge in [0.15, 0.2) is 5.65 Å². The second-order valence-electron chi connectivity index (χ2n) is 4.03. The molecule has 0 fully saturated rings. The first-order valence-electron chi connectivity index (χ1n) is 5.49. The van der Waals surface area contributed by atoms with E-state index in [1.165, 1.54) is 10.4 Å². The van der Waals surface area contributed by atoms with Gasteiger partial charge in [-0.1, -0.05) is 0 Å². The normalized spacial score (nSPS) is 11.0. The molecule has 4 nitrogen and oxygen atoms in total. The molecule has 0 spiro atoms. The summed E-state index contributed by atoms with van der Waals surface area (Å²) in [5.41, 5.74) is 2.04. The summed E-state index contributed by atoms with van der Waals surface area (Å²) in [6, 6.07) is 6.20. The molecular formula is C12H11BrN4S. The van der Waals surface area contributed by atoms with Crippen LogP contribution in [0.3, 0.4) is 0 Å². The molecule has 0 bridgehead atoms. The van der Waals surface area contributed by atoms with E-state index in [9.17, 15) is 0 Å². The topological polar surface area (TPSA) is 42.2 Å². The number of pyridine rings is 1. The van der Waals surface area contributed by atoms with Crippen molar-refractivity contribution >= 4 is 38.7 Å². The highest BCUT2D eigenvalue weighted by Crippen LogP contribution is 2.21. The van der Waals surface area contributed by atoms with E-state index in [0.717, 1.165) is 22.5 Å². The summed E-state index contributed by atoms with van der Waals surface area (Å²) in [4.78, 5) is 5.48. The standard InChI is InChI=1S/C12H11BrN4S/c1-8-2-11(17-12(3-8)15-7-16-17)14-5-10-4-9(13)6-18-10/h2-4,6-7,14H,5H2,1H3. The molecule has 0 saturated carbocycles. The highest BCUT2D eigenvalue weighted by molar-refractivity contribution is 9.10. The van der Waals surface area contributed by atoms with Gasteiger partial charge < -0.3 is 5.32 Å². The molecule has 0 unspecified atom stereocenters. The zero-order chi connectivity index (χ0) is 12.5. The first-order chi connectivity index (χ1) is 8.72. The SMILES string of the molecule is Cc1cc(NCc2cc(Br)cs2)n2ncnc2c1. The first kappa shape index (κ1) is 11.7. The number of hydrogen-bond donors (Lipinski definition) is 1. The molecule has 0 aliphatic heterocycles. The van der Waals surface area contributed by atoms with Gasteiger partial charge in [0, 0.05) is 14.7 Å². The third-order valence-corrected chi connectivity index (χ3v) is 4.29. The third kappa shape index (κ3) is 2.26. The molecule has 0 aliphatic carbocycles. The van der Waals surface area contributed by atoms with Crippen LogP contribution in [-0.4, -0.2) is 14.6 Å². The Labute approximate surface area is 117 Å². The van der Waals surface area contributed by atoms with Gasteiger partial charge in [-0.05, 0) is 46.6 Å². The molecule has 3 rings (SSSR count). The smallest absolute Gasteiger partial charge is 0.157 e. The van der Waals surface area contributed by atoms with Crippen molar-refractivity contribution in [3.63, 3.8) is 0 Å². The molecule has 0 saturated heterocycles. The number of thiophene rings is 1. The highest BCUT2D eigenvalue weighted by atomic mass is 79.9. The van der Waals surface area contributed by atoms with E-state index < -0.39 is 0 Å². The summed E-state index contributed by atoms with van der Waals surface area (Å²) in [6.07, 6.45) is 1.57. The number of halogens is 1. The van der Waals surface area contributed by atoms with E-state index in [1.807, 2.05) is 10.6 Å². The van der Waals surface area contributed by atoms with E-state index in [4.69, 9.17) is 0 Å². The lowest BCUT2D eigenvalue weighted by Gasteiger charge is -2.07. The van der Waals surface area contributed by atoms with Crippen LogP contribution in [0.5, 0.6) is 0 Å². The Morgan fingerprint density at radius 2 is 2.28 bits per heavy atom. The quantitative estimate of drug-likeness (QED) is 0.802. The minimum absolute atomic E-state index is 0.786. The fraction of sp³-hybridized carbons (Fsp3) is 0.167. The number of rotatable bonds is 3. The van der Waals surface area contributed by atoms with Gasteiger partial charge in [0.25, 0.3) is 0 Å². The molecule has 3 heterocycles. The predicted molar refractivity (Wildman–Crippen MR) is 77.1 cm³/mol. The van der Waals surface area contributed by atoms with Crippen LogP contribution in [0.25, 0.3) is 5.65 Å². The Hall–Kier alpha value is -1.40. The van der Waals surface area contributed by atoms with E-state index in [-0.39, 0.29) is 0 Å². The number of aromatic nitrogens is 3. The van der Waals surface area contributed by atoms with E-state index in [2.05, 4.69) is 55.8 Å². The van der Waals surface area contributed by atoms with Crippen LogP contribution in [0, 0.1) is 6.92 Å². The fourth-order valence-corrected chi connectivity index (χ4v) is 3.20. The van der Waals surface area contributed by atoms with Gasteiger partial charge in [-0.2, -0.15) is 9.61 Å². The number of aryl methyl sites for hydroxylation is 1. The number of hydrogen-bond acceptors (Lipinski definition) is 4. The van der Waals surface area contributed by atoms with Gasteiger partial charge in [0.2, 0.25) is 0 Å². The van der Waals surface area contributed by atoms with Crippen LogP contribution in [0.15, 0.2) is 34.4 Å². The summed E-state index contributed by atoms with van der Waals surface area (Å²) in [6.45, 7) is 2.84. The van der Waals surface area contributed by atoms with Crippen molar-refractivity contribution in [2.24, 2.45) is 0 Å². The van der Waals surface area contributed by atoms with Crippen molar-refractivity contribution in [1.29, 1.82) is 0 Å². The van der Waals surface area contributed by atoms with Crippen LogP contribution in [0.4, 0.5) is 5.82 Å². The third-order valence-electron chi connectivity index (χ3n) is 2.59. The summed E-state index contributed by atoms with van der Waals surface area (Å²) in [7, 11) is 0. The van der Waals surface area contributed by atoms with Crippen molar-refractivity contribution in [1.82, 2.24) is 14.6 Å². The van der Waals surface area contributed by atoms with Crippen molar-refractivity contribution < 1.29 is 0 Å². The summed E-state index contributed by atoms with van der Waals surface area (Å²) < 4.78 is 2.94. The van der Waals surface area contributed by atoms with Crippen molar-refractivity contribution in [3.05, 3.63) is 44.8 Å². The highest BCUT2D eigenvalue weighted by Gasteiger charge is 2.04. The van der Waals surface area contributed by atoms with E-state index in [1.54, 1.807) is 17.7 Å². The minimum Gasteiger partial charge on any atom is -0.365 e. The predicted octanol–water partition coefficient (Wildman–Crippen LogP) is 3.47. The van der Waals surface area contributed by atoms with Crippen LogP contribution >= 0.6 is 27.3 Å². The Kier molecular flexibility index (Phi) is 3.05. The molecule has 0 atom stereocenters. The molecule has 0 amide bonds. The first-order valence-corrected chi connectivity index (χ1v) is 7.17. The average Bonchev–Trinajstić information content (AvgIpc) is 2.94. The van der Waals surface area contributed by atoms with E-state index in [0.29, 0.717) is 0 Å². The molecule has 1 N–H and O–H groups in total. The molecule has 3 aromatic rings. The van der Waals surface area contributed by atoms with Crippen LogP contribution in [-0.2, 0) is 6.54 Å². The molecule has 6 heteroatoms. The number of fused-ring (bicyclic) bond motifs is 1. The van der Waals surface area contributed by atoms with Gasteiger partial charge in [-0.25, -0.2) is 4.98 Å². The molecule has 92 valence electrons. The monoisotopic (exact) mass is 322 g/mol. The largest absolute Gasteiger partial charge is 0.365 e. The van der Waals surface area contributed by atoms with Gasteiger partial charge in [0.1, 0.15) is 12.1 Å². The minimum atomic E-state index is 0.786. The number of nitrogens with zero attached hydrogens (tertiary/aromatic N) is 3. The second kappa shape index (κ2) is 4.70. The Morgan fingerprint density at radius 1 is 1.39 bits per heavy atom. The maximum Gasteiger partial charge on any atom is 0.157 e. The maximum atomic E-state index is 4.21. The number of nitrogens with one attached hydrogen (secondary N) is 1. The van der Waals surface area contributed by atoms with Gasteiger partial charge in [-0.15, -0.1) is 11.3 Å². The molecular weight excluding hydrogens is 312 g/mol. The molecule has 0 radical (unpaired) electrons. The van der Waals surface area contributed by atoms with Crippen molar-refractivity contribution in [2.75, 3.05) is 5.32 Å². The van der Waals surface area contributed by atoms with Gasteiger partial charge >= 0.3 is 0 Å². The Balaban J connectivity index is 1.87. The molecule has 18 heavy (non-hydrogen) atoms. The lowest BCUT2D eigenvalue weighted by molar-refractivity contribution is 0.944. The summed E-state index contributed by atoms with van der Waals surface area (Å²) in [5.74, 6) is 0.965. The molecule has 0 aromatic carbocycles. The zero-order valence-corrected chi connectivity index (χ0v) is 12.1. The van der Waals surface area contributed by atoms with Crippen LogP contribution in [0.1, 0.15) is 10.4 Å². The number of anilines is 1. The maximum absolute atomic E-state index is 4.21. The molecule has 3 aromatic heterocycles. The fourth-order valence-electron chi connectivity index (χ4n) is 1.81. The lowest BCUT2D eigenvalue weighted by Crippen LogP contribution is -2.04.